The van der Waals surface area contributed by atoms with E-state index in [0.717, 1.165) is 0 Å². The lowest BCUT2D eigenvalue weighted by atomic mass is 10.2. The second kappa shape index (κ2) is 5.88. The molecule has 0 aromatic carbocycles. The van der Waals surface area contributed by atoms with Crippen LogP contribution < -0.4 is 0 Å². The summed E-state index contributed by atoms with van der Waals surface area (Å²) in [4.78, 5) is 30.9. The summed E-state index contributed by atoms with van der Waals surface area (Å²) in [6.45, 7) is 3.68. The van der Waals surface area contributed by atoms with Gasteiger partial charge in [-0.15, -0.1) is 0 Å². The molecule has 1 aromatic rings. The number of halogens is 2. The Labute approximate surface area is 124 Å². The summed E-state index contributed by atoms with van der Waals surface area (Å²) in [5, 5.41) is 0.196. The Kier molecular flexibility index (Phi) is 4.42. The number of carbonyl (C=O) groups is 2. The third-order valence-electron chi connectivity index (χ3n) is 3.05. The van der Waals surface area contributed by atoms with Crippen LogP contribution in [0.5, 0.6) is 0 Å². The largest absolute Gasteiger partial charge is 0.339 e. The second-order valence-electron chi connectivity index (χ2n) is 4.29. The highest BCUT2D eigenvalue weighted by atomic mass is 79.9. The number of aromatic nitrogens is 1. The van der Waals surface area contributed by atoms with Crippen LogP contribution in [0, 0.1) is 0 Å². The second-order valence-corrected chi connectivity index (χ2v) is 5.56. The van der Waals surface area contributed by atoms with E-state index in [-0.39, 0.29) is 17.0 Å². The molecule has 2 rings (SSSR count). The van der Waals surface area contributed by atoms with E-state index in [1.165, 1.54) is 6.92 Å². The Bertz CT molecular complexity index is 516. The third kappa shape index (κ3) is 3.25. The summed E-state index contributed by atoms with van der Waals surface area (Å²) in [5.41, 5.74) is 0.382. The first-order valence-electron chi connectivity index (χ1n) is 5.85. The maximum absolute atomic E-state index is 12.3. The van der Waals surface area contributed by atoms with Gasteiger partial charge in [-0.25, -0.2) is 4.98 Å². The Balaban J connectivity index is 2.09. The molecule has 1 fully saturated rings. The van der Waals surface area contributed by atoms with E-state index in [4.69, 9.17) is 11.6 Å². The van der Waals surface area contributed by atoms with E-state index in [0.29, 0.717) is 36.2 Å². The Morgan fingerprint density at radius 1 is 1.26 bits per heavy atom. The molecule has 19 heavy (non-hydrogen) atoms. The molecule has 0 radical (unpaired) electrons. The van der Waals surface area contributed by atoms with E-state index in [9.17, 15) is 9.59 Å². The van der Waals surface area contributed by atoms with Gasteiger partial charge < -0.3 is 9.80 Å². The molecule has 0 bridgehead atoms. The normalized spacial score (nSPS) is 15.5. The van der Waals surface area contributed by atoms with Crippen LogP contribution in [0.25, 0.3) is 0 Å². The van der Waals surface area contributed by atoms with Crippen molar-refractivity contribution in [1.29, 1.82) is 0 Å². The average molecular weight is 347 g/mol. The number of rotatable bonds is 1. The first-order valence-corrected chi connectivity index (χ1v) is 7.02. The molecule has 0 spiro atoms. The molecule has 1 aromatic heterocycles. The van der Waals surface area contributed by atoms with Gasteiger partial charge in [0.2, 0.25) is 5.91 Å². The van der Waals surface area contributed by atoms with Crippen LogP contribution in [0.2, 0.25) is 5.15 Å². The highest BCUT2D eigenvalue weighted by molar-refractivity contribution is 9.10. The van der Waals surface area contributed by atoms with Crippen LogP contribution in [0.15, 0.2) is 16.7 Å². The zero-order valence-corrected chi connectivity index (χ0v) is 12.7. The maximum atomic E-state index is 12.3. The Morgan fingerprint density at radius 2 is 1.84 bits per heavy atom. The molecule has 7 heteroatoms. The molecule has 0 atom stereocenters. The van der Waals surface area contributed by atoms with Gasteiger partial charge in [0.15, 0.2) is 0 Å². The highest BCUT2D eigenvalue weighted by Crippen LogP contribution is 2.20. The average Bonchev–Trinajstić information content (AvgIpc) is 2.41. The topological polar surface area (TPSA) is 53.5 Å². The van der Waals surface area contributed by atoms with Crippen molar-refractivity contribution in [3.05, 3.63) is 27.5 Å². The molecular weight excluding hydrogens is 334 g/mol. The SMILES string of the molecule is CC(=O)N1CCN(C(=O)c2cc(Br)cnc2Cl)CC1. The van der Waals surface area contributed by atoms with Gasteiger partial charge in [0.1, 0.15) is 5.15 Å². The van der Waals surface area contributed by atoms with Crippen LogP contribution in [0.3, 0.4) is 0 Å². The fourth-order valence-electron chi connectivity index (χ4n) is 1.97. The molecule has 102 valence electrons. The van der Waals surface area contributed by atoms with Gasteiger partial charge in [0.25, 0.3) is 5.91 Å². The molecule has 1 aliphatic heterocycles. The van der Waals surface area contributed by atoms with E-state index in [2.05, 4.69) is 20.9 Å². The maximum Gasteiger partial charge on any atom is 0.257 e. The number of pyridine rings is 1. The molecule has 1 saturated heterocycles. The van der Waals surface area contributed by atoms with Gasteiger partial charge in [-0.05, 0) is 22.0 Å². The van der Waals surface area contributed by atoms with Crippen LogP contribution in [-0.2, 0) is 4.79 Å². The molecule has 2 amide bonds. The smallest absolute Gasteiger partial charge is 0.257 e. The highest BCUT2D eigenvalue weighted by Gasteiger charge is 2.25. The number of carbonyl (C=O) groups excluding carboxylic acids is 2. The Hall–Kier alpha value is -1.14. The minimum Gasteiger partial charge on any atom is -0.339 e. The lowest BCUT2D eigenvalue weighted by Crippen LogP contribution is -2.50. The van der Waals surface area contributed by atoms with Crippen molar-refractivity contribution in [3.8, 4) is 0 Å². The predicted octanol–water partition coefficient (Wildman–Crippen LogP) is 1.80. The van der Waals surface area contributed by atoms with Gasteiger partial charge in [-0.3, -0.25) is 9.59 Å². The van der Waals surface area contributed by atoms with E-state index in [1.54, 1.807) is 22.1 Å². The monoisotopic (exact) mass is 345 g/mol. The van der Waals surface area contributed by atoms with Crippen molar-refractivity contribution in [2.45, 2.75) is 6.92 Å². The summed E-state index contributed by atoms with van der Waals surface area (Å²) < 4.78 is 0.711. The first-order chi connectivity index (χ1) is 8.99. The van der Waals surface area contributed by atoms with Crippen molar-refractivity contribution in [2.75, 3.05) is 26.2 Å². The minimum absolute atomic E-state index is 0.0363. The van der Waals surface area contributed by atoms with Crippen LogP contribution in [0.1, 0.15) is 17.3 Å². The molecule has 0 aliphatic carbocycles. The van der Waals surface area contributed by atoms with Crippen molar-refractivity contribution >= 4 is 39.3 Å². The van der Waals surface area contributed by atoms with E-state index in [1.807, 2.05) is 0 Å². The van der Waals surface area contributed by atoms with Gasteiger partial charge in [0.05, 0.1) is 5.56 Å². The third-order valence-corrected chi connectivity index (χ3v) is 3.78. The van der Waals surface area contributed by atoms with Crippen molar-refractivity contribution in [1.82, 2.24) is 14.8 Å². The summed E-state index contributed by atoms with van der Waals surface area (Å²) in [6.07, 6.45) is 1.55. The zero-order chi connectivity index (χ0) is 14.0. The molecule has 2 heterocycles. The number of amides is 2. The molecular formula is C12H13BrClN3O2. The lowest BCUT2D eigenvalue weighted by molar-refractivity contribution is -0.130. The molecule has 0 unspecified atom stereocenters. The summed E-state index contributed by atoms with van der Waals surface area (Å²) >= 11 is 9.22. The van der Waals surface area contributed by atoms with E-state index < -0.39 is 0 Å². The van der Waals surface area contributed by atoms with E-state index >= 15 is 0 Å². The van der Waals surface area contributed by atoms with Crippen molar-refractivity contribution < 1.29 is 9.59 Å². The van der Waals surface area contributed by atoms with Gasteiger partial charge in [0, 0.05) is 43.8 Å². The van der Waals surface area contributed by atoms with Crippen LogP contribution in [0.4, 0.5) is 0 Å². The molecule has 0 saturated carbocycles. The van der Waals surface area contributed by atoms with Crippen molar-refractivity contribution in [3.63, 3.8) is 0 Å². The number of hydrogen-bond acceptors (Lipinski definition) is 3. The summed E-state index contributed by atoms with van der Waals surface area (Å²) in [7, 11) is 0. The van der Waals surface area contributed by atoms with Crippen LogP contribution in [-0.4, -0.2) is 52.8 Å². The number of hydrogen-bond donors (Lipinski definition) is 0. The fourth-order valence-corrected chi connectivity index (χ4v) is 2.48. The van der Waals surface area contributed by atoms with Gasteiger partial charge >= 0.3 is 0 Å². The molecule has 5 nitrogen and oxygen atoms in total. The number of piperazine rings is 1. The minimum atomic E-state index is -0.151. The van der Waals surface area contributed by atoms with Crippen molar-refractivity contribution in [2.24, 2.45) is 0 Å². The fraction of sp³-hybridized carbons (Fsp3) is 0.417. The zero-order valence-electron chi connectivity index (χ0n) is 10.4. The molecule has 1 aliphatic rings. The van der Waals surface area contributed by atoms with Gasteiger partial charge in [-0.2, -0.15) is 0 Å². The van der Waals surface area contributed by atoms with Crippen LogP contribution >= 0.6 is 27.5 Å². The summed E-state index contributed by atoms with van der Waals surface area (Å²) in [5.74, 6) is -0.115. The lowest BCUT2D eigenvalue weighted by Gasteiger charge is -2.34. The standard InChI is InChI=1S/C12H13BrClN3O2/c1-8(18)16-2-4-17(5-3-16)12(19)10-6-9(13)7-15-11(10)14/h6-7H,2-5H2,1H3. The predicted molar refractivity (Wildman–Crippen MR) is 75.1 cm³/mol. The van der Waals surface area contributed by atoms with Gasteiger partial charge in [-0.1, -0.05) is 11.6 Å². The first kappa shape index (κ1) is 14.3. The molecule has 0 N–H and O–H groups in total. The summed E-state index contributed by atoms with van der Waals surface area (Å²) in [6, 6.07) is 1.66. The number of nitrogens with zero attached hydrogens (tertiary/aromatic N) is 3. The quantitative estimate of drug-likeness (QED) is 0.729. The Morgan fingerprint density at radius 3 is 2.42 bits per heavy atom.